The molecule has 11 aromatic carbocycles. The number of benzene rings is 11. The molecule has 0 N–H and O–H groups in total. The van der Waals surface area contributed by atoms with Crippen molar-refractivity contribution in [3.8, 4) is 114 Å². The molecule has 0 spiro atoms. The quantitative estimate of drug-likeness (QED) is 0.132. The van der Waals surface area contributed by atoms with Crippen LogP contribution in [0.15, 0.2) is 267 Å². The molecule has 15 rings (SSSR count). The van der Waals surface area contributed by atoms with Gasteiger partial charge in [-0.05, 0) is 101 Å². The fraction of sp³-hybridized carbons (Fsp3) is 0. The highest BCUT2D eigenvalue weighted by atomic mass is 15.1. The smallest absolute Gasteiger partial charge is 0.166 e. The lowest BCUT2D eigenvalue weighted by Gasteiger charge is -2.17. The van der Waals surface area contributed by atoms with Crippen LogP contribution in [0.4, 0.5) is 0 Å². The van der Waals surface area contributed by atoms with E-state index in [1.54, 1.807) is 0 Å². The van der Waals surface area contributed by atoms with Crippen LogP contribution in [0.25, 0.3) is 146 Å². The molecule has 4 aromatic heterocycles. The summed E-state index contributed by atoms with van der Waals surface area (Å²) in [4.78, 5) is 31.4. The molecule has 0 saturated carbocycles. The Balaban J connectivity index is 0.947. The molecule has 0 aliphatic carbocycles. The van der Waals surface area contributed by atoms with Gasteiger partial charge in [-0.25, -0.2) is 29.9 Å². The van der Waals surface area contributed by atoms with Crippen LogP contribution >= 0.6 is 0 Å². The Morgan fingerprint density at radius 2 is 0.548 bits per heavy atom. The van der Waals surface area contributed by atoms with Gasteiger partial charge in [-0.15, -0.1) is 0 Å². The van der Waals surface area contributed by atoms with E-state index in [2.05, 4.69) is 106 Å². The molecule has 84 heavy (non-hydrogen) atoms. The number of rotatable bonds is 10. The van der Waals surface area contributed by atoms with Crippen LogP contribution in [0.5, 0.6) is 0 Å². The molecule has 0 saturated heterocycles. The van der Waals surface area contributed by atoms with Gasteiger partial charge in [0.15, 0.2) is 34.9 Å². The lowest BCUT2D eigenvalue weighted by Crippen LogP contribution is -2.04. The Bertz CT molecular complexity index is 4720. The van der Waals surface area contributed by atoms with Gasteiger partial charge in [0.05, 0.1) is 56.7 Å². The van der Waals surface area contributed by atoms with Crippen molar-refractivity contribution in [2.24, 2.45) is 0 Å². The van der Waals surface area contributed by atoms with E-state index in [0.717, 1.165) is 111 Å². The van der Waals surface area contributed by atoms with E-state index in [9.17, 15) is 10.5 Å². The zero-order chi connectivity index (χ0) is 56.1. The maximum Gasteiger partial charge on any atom is 0.166 e. The zero-order valence-corrected chi connectivity index (χ0v) is 44.9. The molecule has 0 unspecified atom stereocenters. The lowest BCUT2D eigenvalue weighted by molar-refractivity contribution is 1.06. The molecule has 10 heteroatoms. The molecule has 390 valence electrons. The molecule has 0 bridgehead atoms. The van der Waals surface area contributed by atoms with Gasteiger partial charge in [0.25, 0.3) is 0 Å². The first-order chi connectivity index (χ1) is 41.5. The minimum absolute atomic E-state index is 0.506. The van der Waals surface area contributed by atoms with E-state index in [-0.39, 0.29) is 0 Å². The average molecular weight is 1070 g/mol. The Labute approximate surface area is 482 Å². The summed E-state index contributed by atoms with van der Waals surface area (Å²) in [6, 6.07) is 94.8. The summed E-state index contributed by atoms with van der Waals surface area (Å²) in [5.74, 6) is 3.22. The Hall–Kier alpha value is -12.0. The first-order valence-electron chi connectivity index (χ1n) is 27.5. The maximum atomic E-state index is 10.1. The lowest BCUT2D eigenvalue weighted by atomic mass is 9.95. The maximum absolute atomic E-state index is 10.1. The average Bonchev–Trinajstić information content (AvgIpc) is 1.98. The van der Waals surface area contributed by atoms with Gasteiger partial charge in [0, 0.05) is 54.9 Å². The van der Waals surface area contributed by atoms with Crippen molar-refractivity contribution in [1.29, 1.82) is 10.5 Å². The van der Waals surface area contributed by atoms with E-state index in [1.807, 2.05) is 182 Å². The predicted molar refractivity (Wildman–Crippen MR) is 335 cm³/mol. The number of hydrogen-bond donors (Lipinski definition) is 0. The van der Waals surface area contributed by atoms with Crippen molar-refractivity contribution < 1.29 is 0 Å². The molecule has 0 radical (unpaired) electrons. The van der Waals surface area contributed by atoms with Crippen LogP contribution in [0.1, 0.15) is 11.1 Å². The zero-order valence-electron chi connectivity index (χ0n) is 44.9. The number of nitriles is 2. The molecule has 4 heterocycles. The second-order valence-electron chi connectivity index (χ2n) is 20.5. The Kier molecular flexibility index (Phi) is 12.0. The van der Waals surface area contributed by atoms with Gasteiger partial charge in [-0.3, -0.25) is 0 Å². The molecule has 0 atom stereocenters. The van der Waals surface area contributed by atoms with E-state index >= 15 is 0 Å². The molecule has 0 aliphatic heterocycles. The summed E-state index contributed by atoms with van der Waals surface area (Å²) in [5.41, 5.74) is 15.7. The topological polar surface area (TPSA) is 135 Å². The SMILES string of the molecule is N#Cc1ccc2c(c1)c1ccccc1n2-c1ccc(-c2cccc(-c3ccc(-n4c5ccccc5c5cc(C#N)ccc54)c(-c4nc(-c5ccccc5)nc(-c5ccccc5)n4)c3)c2)cc1-c1nc(-c2ccccc2)nc(-c2ccccc2)n1. The predicted octanol–water partition coefficient (Wildman–Crippen LogP) is 17.3. The Morgan fingerprint density at radius 3 is 0.917 bits per heavy atom. The van der Waals surface area contributed by atoms with Gasteiger partial charge in [-0.1, -0.05) is 188 Å². The van der Waals surface area contributed by atoms with Crippen molar-refractivity contribution in [3.05, 3.63) is 278 Å². The summed E-state index contributed by atoms with van der Waals surface area (Å²) in [5, 5.41) is 24.1. The van der Waals surface area contributed by atoms with Crippen LogP contribution in [-0.2, 0) is 0 Å². The second-order valence-corrected chi connectivity index (χ2v) is 20.5. The molecule has 0 amide bonds. The van der Waals surface area contributed by atoms with Crippen LogP contribution in [0, 0.1) is 22.7 Å². The fourth-order valence-corrected chi connectivity index (χ4v) is 11.5. The largest absolute Gasteiger partial charge is 0.308 e. The first kappa shape index (κ1) is 49.1. The van der Waals surface area contributed by atoms with Crippen LogP contribution in [0.2, 0.25) is 0 Å². The van der Waals surface area contributed by atoms with Gasteiger partial charge in [0.1, 0.15) is 0 Å². The summed E-state index contributed by atoms with van der Waals surface area (Å²) in [7, 11) is 0. The van der Waals surface area contributed by atoms with Crippen LogP contribution in [0.3, 0.4) is 0 Å². The van der Waals surface area contributed by atoms with Crippen molar-refractivity contribution in [2.75, 3.05) is 0 Å². The van der Waals surface area contributed by atoms with Crippen LogP contribution in [-0.4, -0.2) is 39.0 Å². The monoisotopic (exact) mass is 1070 g/mol. The summed E-state index contributed by atoms with van der Waals surface area (Å²) < 4.78 is 4.51. The number of fused-ring (bicyclic) bond motifs is 6. The summed E-state index contributed by atoms with van der Waals surface area (Å²) in [6.45, 7) is 0. The number of aromatic nitrogens is 8. The van der Waals surface area contributed by atoms with E-state index < -0.39 is 0 Å². The molecule has 0 fully saturated rings. The Morgan fingerprint density at radius 1 is 0.238 bits per heavy atom. The van der Waals surface area contributed by atoms with Crippen LogP contribution < -0.4 is 0 Å². The molecule has 15 aromatic rings. The van der Waals surface area contributed by atoms with Crippen molar-refractivity contribution in [1.82, 2.24) is 39.0 Å². The van der Waals surface area contributed by atoms with Gasteiger partial charge in [0.2, 0.25) is 0 Å². The van der Waals surface area contributed by atoms with E-state index in [0.29, 0.717) is 46.1 Å². The fourth-order valence-electron chi connectivity index (χ4n) is 11.5. The second kappa shape index (κ2) is 20.6. The first-order valence-corrected chi connectivity index (χ1v) is 27.5. The highest BCUT2D eigenvalue weighted by Crippen LogP contribution is 2.42. The third kappa shape index (κ3) is 8.68. The molecular formula is C74H44N10. The van der Waals surface area contributed by atoms with E-state index in [4.69, 9.17) is 29.9 Å². The highest BCUT2D eigenvalue weighted by Gasteiger charge is 2.24. The molecular weight excluding hydrogens is 1030 g/mol. The van der Waals surface area contributed by atoms with Crippen molar-refractivity contribution in [3.63, 3.8) is 0 Å². The molecule has 10 nitrogen and oxygen atoms in total. The minimum Gasteiger partial charge on any atom is -0.308 e. The van der Waals surface area contributed by atoms with Crippen molar-refractivity contribution >= 4 is 43.6 Å². The molecule has 0 aliphatic rings. The summed E-state index contributed by atoms with van der Waals surface area (Å²) >= 11 is 0. The third-order valence-corrected chi connectivity index (χ3v) is 15.5. The standard InChI is InChI=1S/C74H44N10/c75-45-47-32-36-65-59(40-47)57-28-13-15-30-63(57)83(65)67-38-34-55(43-61(67)73-79-69(49-18-5-1-6-19-49)77-70(80-73)50-20-7-2-8-21-50)53-26-17-27-54(42-53)56-35-39-68(84-64-31-16-14-29-58(64)60-41-48(46-76)33-37-66(60)84)62(44-56)74-81-71(51-22-9-3-10-23-51)78-72(82-74)52-24-11-4-12-25-52/h1-44H. The summed E-state index contributed by atoms with van der Waals surface area (Å²) in [6.07, 6.45) is 0. The number of nitrogens with zero attached hydrogens (tertiary/aromatic N) is 10. The van der Waals surface area contributed by atoms with Gasteiger partial charge in [-0.2, -0.15) is 10.5 Å². The minimum atomic E-state index is 0.506. The normalized spacial score (nSPS) is 11.3. The van der Waals surface area contributed by atoms with E-state index in [1.165, 1.54) is 0 Å². The number of hydrogen-bond acceptors (Lipinski definition) is 8. The highest BCUT2D eigenvalue weighted by molar-refractivity contribution is 6.11. The third-order valence-electron chi connectivity index (χ3n) is 15.5. The van der Waals surface area contributed by atoms with Gasteiger partial charge >= 0.3 is 0 Å². The van der Waals surface area contributed by atoms with Gasteiger partial charge < -0.3 is 9.13 Å². The number of para-hydroxylation sites is 2. The van der Waals surface area contributed by atoms with Crippen molar-refractivity contribution in [2.45, 2.75) is 0 Å².